The van der Waals surface area contributed by atoms with Crippen LogP contribution in [0.15, 0.2) is 53.5 Å². The third-order valence-corrected chi connectivity index (χ3v) is 10.7. The second-order valence-corrected chi connectivity index (χ2v) is 15.3. The number of nitrogens with zero attached hydrogens (tertiary/aromatic N) is 3. The van der Waals surface area contributed by atoms with E-state index in [2.05, 4.69) is 5.10 Å². The standard InChI is InChI=1S/C29H37N3O6Si/c1-18-27(37-2)23-14-20(32-29(35)22-10-6-5-8-19(22)16-30-32)11-12-24(23)38-28(18)25(39(3,4)36)15-26(34)31-13-7-9-21(31)17-33/h5-6,8,10-12,14,16,18,21,25,27-28,33,36H,7,9,13,15,17H2,1-4H3/t18-,21+,25?,27-,28-/m1/s1. The molecule has 3 aromatic rings. The number of aromatic nitrogens is 2. The van der Waals surface area contributed by atoms with Crippen LogP contribution in [0, 0.1) is 5.92 Å². The molecule has 0 radical (unpaired) electrons. The minimum Gasteiger partial charge on any atom is -0.490 e. The molecule has 208 valence electrons. The molecule has 3 heterocycles. The Hall–Kier alpha value is -3.05. The Labute approximate surface area is 229 Å². The highest BCUT2D eigenvalue weighted by atomic mass is 28.4. The van der Waals surface area contributed by atoms with Crippen molar-refractivity contribution in [3.05, 3.63) is 64.6 Å². The lowest BCUT2D eigenvalue weighted by Crippen LogP contribution is -2.50. The van der Waals surface area contributed by atoms with Crippen molar-refractivity contribution < 1.29 is 24.2 Å². The lowest BCUT2D eigenvalue weighted by atomic mass is 9.86. The Morgan fingerprint density at radius 2 is 2.03 bits per heavy atom. The van der Waals surface area contributed by atoms with Crippen molar-refractivity contribution in [1.29, 1.82) is 0 Å². The van der Waals surface area contributed by atoms with Crippen LogP contribution in [-0.2, 0) is 9.53 Å². The van der Waals surface area contributed by atoms with Crippen molar-refractivity contribution in [2.24, 2.45) is 5.92 Å². The minimum atomic E-state index is -2.87. The summed E-state index contributed by atoms with van der Waals surface area (Å²) in [5, 5.41) is 15.5. The van der Waals surface area contributed by atoms with Gasteiger partial charge in [-0.2, -0.15) is 9.78 Å². The molecule has 2 aromatic carbocycles. The van der Waals surface area contributed by atoms with Crippen LogP contribution in [0.2, 0.25) is 18.6 Å². The molecule has 9 nitrogen and oxygen atoms in total. The van der Waals surface area contributed by atoms with Crippen LogP contribution >= 0.6 is 0 Å². The smallest absolute Gasteiger partial charge is 0.279 e. The van der Waals surface area contributed by atoms with Crippen LogP contribution in [-0.4, -0.2) is 71.2 Å². The van der Waals surface area contributed by atoms with E-state index in [4.69, 9.17) is 9.47 Å². The molecule has 2 aliphatic rings. The van der Waals surface area contributed by atoms with Gasteiger partial charge in [0.15, 0.2) is 8.32 Å². The van der Waals surface area contributed by atoms with E-state index < -0.39 is 14.4 Å². The van der Waals surface area contributed by atoms with Gasteiger partial charge in [0.25, 0.3) is 5.56 Å². The largest absolute Gasteiger partial charge is 0.490 e. The van der Waals surface area contributed by atoms with Crippen LogP contribution < -0.4 is 10.3 Å². The fourth-order valence-electron chi connectivity index (χ4n) is 6.20. The maximum atomic E-state index is 13.3. The number of rotatable bonds is 7. The Bertz CT molecular complexity index is 1420. The van der Waals surface area contributed by atoms with Gasteiger partial charge in [-0.25, -0.2) is 0 Å². The lowest BCUT2D eigenvalue weighted by Gasteiger charge is -2.44. The van der Waals surface area contributed by atoms with E-state index in [9.17, 15) is 19.5 Å². The fourth-order valence-corrected chi connectivity index (χ4v) is 8.05. The van der Waals surface area contributed by atoms with Gasteiger partial charge < -0.3 is 24.3 Å². The average Bonchev–Trinajstić information content (AvgIpc) is 3.40. The summed E-state index contributed by atoms with van der Waals surface area (Å²) in [6.07, 6.45) is 2.67. The first kappa shape index (κ1) is 27.5. The van der Waals surface area contributed by atoms with Crippen molar-refractivity contribution in [3.63, 3.8) is 0 Å². The van der Waals surface area contributed by atoms with Gasteiger partial charge in [-0.3, -0.25) is 9.59 Å². The number of amides is 1. The average molecular weight is 552 g/mol. The van der Waals surface area contributed by atoms with Gasteiger partial charge >= 0.3 is 0 Å². The zero-order chi connectivity index (χ0) is 27.9. The predicted octanol–water partition coefficient (Wildman–Crippen LogP) is 3.41. The highest BCUT2D eigenvalue weighted by molar-refractivity contribution is 6.71. The van der Waals surface area contributed by atoms with Gasteiger partial charge in [0.2, 0.25) is 5.91 Å². The van der Waals surface area contributed by atoms with Crippen LogP contribution in [0.4, 0.5) is 0 Å². The molecule has 2 N–H and O–H groups in total. The molecular weight excluding hydrogens is 514 g/mol. The zero-order valence-electron chi connectivity index (χ0n) is 22.9. The van der Waals surface area contributed by atoms with Crippen molar-refractivity contribution in [2.75, 3.05) is 20.3 Å². The first-order chi connectivity index (χ1) is 18.6. The van der Waals surface area contributed by atoms with Crippen LogP contribution in [0.5, 0.6) is 5.75 Å². The molecule has 2 aliphatic heterocycles. The summed E-state index contributed by atoms with van der Waals surface area (Å²) in [5.41, 5.74) is 0.811. The number of hydrogen-bond donors (Lipinski definition) is 2. The second kappa shape index (κ2) is 10.8. The molecule has 0 spiro atoms. The van der Waals surface area contributed by atoms with Crippen molar-refractivity contribution in [3.8, 4) is 11.4 Å². The fraction of sp³-hybridized carbons (Fsp3) is 0.483. The molecule has 1 amide bonds. The Morgan fingerprint density at radius 1 is 1.26 bits per heavy atom. The summed E-state index contributed by atoms with van der Waals surface area (Å²) >= 11 is 0. The van der Waals surface area contributed by atoms with Gasteiger partial charge in [0.1, 0.15) is 11.9 Å². The molecule has 1 aromatic heterocycles. The number of ether oxygens (including phenoxy) is 2. The van der Waals surface area contributed by atoms with Crippen LogP contribution in [0.25, 0.3) is 16.5 Å². The van der Waals surface area contributed by atoms with Gasteiger partial charge in [-0.1, -0.05) is 25.1 Å². The summed E-state index contributed by atoms with van der Waals surface area (Å²) in [6.45, 7) is 6.27. The topological polar surface area (TPSA) is 114 Å². The van der Waals surface area contributed by atoms with Crippen molar-refractivity contribution in [2.45, 2.75) is 63.1 Å². The number of aliphatic hydroxyl groups is 1. The van der Waals surface area contributed by atoms with Gasteiger partial charge in [-0.15, -0.1) is 0 Å². The summed E-state index contributed by atoms with van der Waals surface area (Å²) in [6, 6.07) is 12.7. The summed E-state index contributed by atoms with van der Waals surface area (Å²) < 4.78 is 13.9. The van der Waals surface area contributed by atoms with Crippen molar-refractivity contribution >= 4 is 25.0 Å². The summed E-state index contributed by atoms with van der Waals surface area (Å²) in [5.74, 6) is 0.370. The van der Waals surface area contributed by atoms with E-state index in [0.29, 0.717) is 23.4 Å². The number of methoxy groups -OCH3 is 1. The van der Waals surface area contributed by atoms with Crippen LogP contribution in [0.3, 0.4) is 0 Å². The van der Waals surface area contributed by atoms with Gasteiger partial charge in [-0.05, 0) is 50.2 Å². The molecule has 5 rings (SSSR count). The molecule has 39 heavy (non-hydrogen) atoms. The van der Waals surface area contributed by atoms with E-state index in [1.807, 2.05) is 50.3 Å². The Balaban J connectivity index is 1.48. The molecule has 1 unspecified atom stereocenters. The third-order valence-electron chi connectivity index (χ3n) is 8.36. The molecule has 10 heteroatoms. The predicted molar refractivity (Wildman–Crippen MR) is 151 cm³/mol. The first-order valence-electron chi connectivity index (χ1n) is 13.6. The number of likely N-dealkylation sites (tertiary alicyclic amines) is 1. The number of carbonyl (C=O) groups is 1. The molecular formula is C29H37N3O6Si. The monoisotopic (exact) mass is 551 g/mol. The number of benzene rings is 2. The minimum absolute atomic E-state index is 0.0523. The number of hydrogen-bond acceptors (Lipinski definition) is 7. The SMILES string of the molecule is CO[C@H]1c2cc(-n3ncc4ccccc4c3=O)ccc2O[C@@H](C(CC(=O)N2CCC[C@H]2CO)[Si](C)(C)O)[C@@H]1C. The maximum absolute atomic E-state index is 13.3. The molecule has 1 saturated heterocycles. The molecule has 0 bridgehead atoms. The van der Waals surface area contributed by atoms with E-state index in [1.54, 1.807) is 30.3 Å². The normalized spacial score (nSPS) is 23.9. The van der Waals surface area contributed by atoms with E-state index >= 15 is 0 Å². The molecule has 0 aliphatic carbocycles. The summed E-state index contributed by atoms with van der Waals surface area (Å²) in [7, 11) is -1.23. The lowest BCUT2D eigenvalue weighted by molar-refractivity contribution is -0.133. The number of aliphatic hydroxyl groups excluding tert-OH is 1. The van der Waals surface area contributed by atoms with Gasteiger partial charge in [0.05, 0.1) is 36.0 Å². The third kappa shape index (κ3) is 5.14. The zero-order valence-corrected chi connectivity index (χ0v) is 23.9. The quantitative estimate of drug-likeness (QED) is 0.433. The van der Waals surface area contributed by atoms with E-state index in [0.717, 1.165) is 23.8 Å². The maximum Gasteiger partial charge on any atom is 0.279 e. The first-order valence-corrected chi connectivity index (χ1v) is 16.6. The second-order valence-electron chi connectivity index (χ2n) is 11.3. The van der Waals surface area contributed by atoms with Gasteiger partial charge in [0, 0.05) is 42.5 Å². The Kier molecular flexibility index (Phi) is 7.65. The summed E-state index contributed by atoms with van der Waals surface area (Å²) in [4.78, 5) is 39.6. The Morgan fingerprint density at radius 3 is 2.74 bits per heavy atom. The van der Waals surface area contributed by atoms with Crippen molar-refractivity contribution in [1.82, 2.24) is 14.7 Å². The van der Waals surface area contributed by atoms with Crippen LogP contribution in [0.1, 0.15) is 37.9 Å². The number of fused-ring (bicyclic) bond motifs is 2. The molecule has 1 fully saturated rings. The molecule has 5 atom stereocenters. The van der Waals surface area contributed by atoms with E-state index in [1.165, 1.54) is 4.68 Å². The highest BCUT2D eigenvalue weighted by Crippen LogP contribution is 2.47. The highest BCUT2D eigenvalue weighted by Gasteiger charge is 2.48. The van der Waals surface area contributed by atoms with E-state index in [-0.39, 0.29) is 48.1 Å². The number of carbonyl (C=O) groups excluding carboxylic acids is 1. The molecule has 0 saturated carbocycles.